The number of nitrogens with one attached hydrogen (secondary N) is 1. The second-order valence-corrected chi connectivity index (χ2v) is 6.63. The SMILES string of the molecule is O=C1NCCCc2c(OS(=O)(=O)C(F)(F)F)ccc(Br)c21. The first-order valence-corrected chi connectivity index (χ1v) is 7.94. The van der Waals surface area contributed by atoms with Crippen LogP contribution in [0, 0.1) is 0 Å². The van der Waals surface area contributed by atoms with E-state index in [0.29, 0.717) is 17.4 Å². The predicted octanol–water partition coefficient (Wildman–Crippen LogP) is 2.35. The van der Waals surface area contributed by atoms with Crippen LogP contribution in [0.15, 0.2) is 16.6 Å². The molecule has 1 aliphatic rings. The molecular weight excluding hydrogens is 379 g/mol. The maximum atomic E-state index is 12.4. The molecule has 0 saturated heterocycles. The van der Waals surface area contributed by atoms with Gasteiger partial charge in [0.25, 0.3) is 5.91 Å². The third kappa shape index (κ3) is 3.15. The van der Waals surface area contributed by atoms with Crippen LogP contribution in [-0.2, 0) is 16.5 Å². The van der Waals surface area contributed by atoms with Gasteiger partial charge in [0, 0.05) is 16.6 Å². The minimum absolute atomic E-state index is 0.0855. The van der Waals surface area contributed by atoms with Crippen LogP contribution in [0.2, 0.25) is 0 Å². The Balaban J connectivity index is 2.53. The number of alkyl halides is 3. The van der Waals surface area contributed by atoms with Crippen molar-refractivity contribution in [1.29, 1.82) is 0 Å². The molecule has 21 heavy (non-hydrogen) atoms. The van der Waals surface area contributed by atoms with Crippen molar-refractivity contribution in [2.45, 2.75) is 18.3 Å². The fraction of sp³-hybridized carbons (Fsp3) is 0.364. The first-order valence-electron chi connectivity index (χ1n) is 5.74. The van der Waals surface area contributed by atoms with E-state index in [9.17, 15) is 26.4 Å². The van der Waals surface area contributed by atoms with Gasteiger partial charge in [-0.25, -0.2) is 0 Å². The molecule has 0 unspecified atom stereocenters. The minimum atomic E-state index is -5.77. The molecule has 1 amide bonds. The zero-order valence-corrected chi connectivity index (χ0v) is 12.7. The lowest BCUT2D eigenvalue weighted by Crippen LogP contribution is -2.28. The van der Waals surface area contributed by atoms with E-state index >= 15 is 0 Å². The zero-order chi connectivity index (χ0) is 15.8. The van der Waals surface area contributed by atoms with Gasteiger partial charge in [-0.15, -0.1) is 0 Å². The van der Waals surface area contributed by atoms with Gasteiger partial charge in [-0.05, 0) is 40.9 Å². The highest BCUT2D eigenvalue weighted by molar-refractivity contribution is 9.10. The van der Waals surface area contributed by atoms with E-state index in [1.54, 1.807) is 0 Å². The Morgan fingerprint density at radius 3 is 2.57 bits per heavy atom. The smallest absolute Gasteiger partial charge is 0.376 e. The molecular formula is C11H9BrF3NO4S. The van der Waals surface area contributed by atoms with Gasteiger partial charge >= 0.3 is 15.6 Å². The van der Waals surface area contributed by atoms with Gasteiger partial charge in [-0.3, -0.25) is 4.79 Å². The molecule has 10 heteroatoms. The van der Waals surface area contributed by atoms with Crippen molar-refractivity contribution in [3.05, 3.63) is 27.7 Å². The van der Waals surface area contributed by atoms with Crippen molar-refractivity contribution in [2.75, 3.05) is 6.54 Å². The summed E-state index contributed by atoms with van der Waals surface area (Å²) < 4.78 is 63.9. The molecule has 0 bridgehead atoms. The van der Waals surface area contributed by atoms with E-state index < -0.39 is 27.3 Å². The maximum absolute atomic E-state index is 12.4. The van der Waals surface area contributed by atoms with Crippen molar-refractivity contribution in [1.82, 2.24) is 5.32 Å². The molecule has 0 fully saturated rings. The third-order valence-corrected chi connectivity index (χ3v) is 4.44. The Morgan fingerprint density at radius 2 is 1.95 bits per heavy atom. The molecule has 0 spiro atoms. The first kappa shape index (κ1) is 16.1. The number of fused-ring (bicyclic) bond motifs is 1. The Labute approximate surface area is 126 Å². The molecule has 0 aromatic heterocycles. The van der Waals surface area contributed by atoms with Gasteiger partial charge in [0.2, 0.25) is 0 Å². The zero-order valence-electron chi connectivity index (χ0n) is 10.3. The topological polar surface area (TPSA) is 72.5 Å². The average Bonchev–Trinajstić information content (AvgIpc) is 2.54. The standard InChI is InChI=1S/C11H9BrF3NO4S/c12-7-3-4-8(20-21(18,19)11(13,14)15)6-2-1-5-16-10(17)9(6)7/h3-4H,1-2,5H2,(H,16,17). The van der Waals surface area contributed by atoms with Crippen LogP contribution in [-0.4, -0.2) is 26.4 Å². The van der Waals surface area contributed by atoms with Crippen LogP contribution in [0.3, 0.4) is 0 Å². The Bertz CT molecular complexity index is 687. The van der Waals surface area contributed by atoms with Crippen LogP contribution in [0.1, 0.15) is 22.3 Å². The predicted molar refractivity (Wildman–Crippen MR) is 70.4 cm³/mol. The lowest BCUT2D eigenvalue weighted by Gasteiger charge is -2.15. The van der Waals surface area contributed by atoms with Gasteiger partial charge < -0.3 is 9.50 Å². The molecule has 1 N–H and O–H groups in total. The number of halogens is 4. The molecule has 0 atom stereocenters. The number of benzene rings is 1. The summed E-state index contributed by atoms with van der Waals surface area (Å²) in [5.74, 6) is -0.980. The minimum Gasteiger partial charge on any atom is -0.376 e. The van der Waals surface area contributed by atoms with Crippen molar-refractivity contribution in [3.63, 3.8) is 0 Å². The molecule has 0 radical (unpaired) electrons. The summed E-state index contributed by atoms with van der Waals surface area (Å²) in [5, 5.41) is 2.57. The molecule has 0 saturated carbocycles. The molecule has 2 rings (SSSR count). The van der Waals surface area contributed by atoms with Gasteiger partial charge in [-0.1, -0.05) is 0 Å². The van der Waals surface area contributed by atoms with Crippen molar-refractivity contribution in [3.8, 4) is 5.75 Å². The van der Waals surface area contributed by atoms with Crippen LogP contribution >= 0.6 is 15.9 Å². The van der Waals surface area contributed by atoms with Gasteiger partial charge in [0.1, 0.15) is 5.75 Å². The van der Waals surface area contributed by atoms with Crippen LogP contribution in [0.25, 0.3) is 0 Å². The number of hydrogen-bond donors (Lipinski definition) is 1. The summed E-state index contributed by atoms with van der Waals surface area (Å²) >= 11 is 3.12. The van der Waals surface area contributed by atoms with Gasteiger partial charge in [0.05, 0.1) is 5.56 Å². The highest BCUT2D eigenvalue weighted by Crippen LogP contribution is 2.34. The lowest BCUT2D eigenvalue weighted by molar-refractivity contribution is -0.0500. The Kier molecular flexibility index (Phi) is 4.20. The second kappa shape index (κ2) is 5.48. The summed E-state index contributed by atoms with van der Waals surface area (Å²) in [6.45, 7) is 0.339. The monoisotopic (exact) mass is 387 g/mol. The van der Waals surface area contributed by atoms with Crippen molar-refractivity contribution < 1.29 is 30.6 Å². The average molecular weight is 388 g/mol. The summed E-state index contributed by atoms with van der Waals surface area (Å²) in [6.07, 6.45) is 0.674. The van der Waals surface area contributed by atoms with Crippen LogP contribution in [0.5, 0.6) is 5.75 Å². The van der Waals surface area contributed by atoms with Crippen LogP contribution in [0.4, 0.5) is 13.2 Å². The molecule has 0 aliphatic carbocycles. The van der Waals surface area contributed by atoms with E-state index in [1.165, 1.54) is 6.07 Å². The molecule has 116 valence electrons. The van der Waals surface area contributed by atoms with Crippen molar-refractivity contribution >= 4 is 32.0 Å². The maximum Gasteiger partial charge on any atom is 0.534 e. The van der Waals surface area contributed by atoms with E-state index in [2.05, 4.69) is 25.4 Å². The summed E-state index contributed by atoms with van der Waals surface area (Å²) in [5.41, 5.74) is -5.31. The third-order valence-electron chi connectivity index (χ3n) is 2.82. The normalized spacial score (nSPS) is 15.9. The molecule has 1 aromatic carbocycles. The molecule has 1 aromatic rings. The van der Waals surface area contributed by atoms with E-state index in [4.69, 9.17) is 0 Å². The molecule has 1 aliphatic heterocycles. The fourth-order valence-corrected chi connectivity index (χ4v) is 2.93. The number of carbonyl (C=O) groups excluding carboxylic acids is 1. The Morgan fingerprint density at radius 1 is 1.29 bits per heavy atom. The van der Waals surface area contributed by atoms with E-state index in [1.807, 2.05) is 0 Å². The van der Waals surface area contributed by atoms with Crippen LogP contribution < -0.4 is 9.50 Å². The highest BCUT2D eigenvalue weighted by atomic mass is 79.9. The Hall–Kier alpha value is -1.29. The number of carbonyl (C=O) groups is 1. The number of hydrogen-bond acceptors (Lipinski definition) is 4. The largest absolute Gasteiger partial charge is 0.534 e. The van der Waals surface area contributed by atoms with Gasteiger partial charge in [0.15, 0.2) is 0 Å². The summed E-state index contributed by atoms with van der Waals surface area (Å²) in [6, 6.07) is 2.36. The van der Waals surface area contributed by atoms with Gasteiger partial charge in [-0.2, -0.15) is 21.6 Å². The molecule has 1 heterocycles. The number of amides is 1. The summed E-state index contributed by atoms with van der Waals surface area (Å²) in [7, 11) is -5.77. The quantitative estimate of drug-likeness (QED) is 0.624. The fourth-order valence-electron chi connectivity index (χ4n) is 1.89. The lowest BCUT2D eigenvalue weighted by atomic mass is 10.0. The highest BCUT2D eigenvalue weighted by Gasteiger charge is 2.49. The van der Waals surface area contributed by atoms with E-state index in [0.717, 1.165) is 6.07 Å². The summed E-state index contributed by atoms with van der Waals surface area (Å²) in [4.78, 5) is 11.9. The first-order chi connectivity index (χ1) is 9.63. The van der Waals surface area contributed by atoms with E-state index in [-0.39, 0.29) is 17.5 Å². The second-order valence-electron chi connectivity index (χ2n) is 4.24. The molecule has 5 nitrogen and oxygen atoms in total. The van der Waals surface area contributed by atoms with Crippen molar-refractivity contribution in [2.24, 2.45) is 0 Å². The number of rotatable bonds is 2.